The van der Waals surface area contributed by atoms with Gasteiger partial charge < -0.3 is 13.9 Å². The largest absolute Gasteiger partial charge is 0.496 e. The van der Waals surface area contributed by atoms with Crippen molar-refractivity contribution in [1.29, 1.82) is 0 Å². The van der Waals surface area contributed by atoms with Gasteiger partial charge in [-0.25, -0.2) is 4.98 Å². The molecule has 0 unspecified atom stereocenters. The fraction of sp³-hybridized carbons (Fsp3) is 0.188. The van der Waals surface area contributed by atoms with Gasteiger partial charge in [-0.15, -0.1) is 0 Å². The fourth-order valence-electron chi connectivity index (χ4n) is 2.54. The van der Waals surface area contributed by atoms with Gasteiger partial charge in [-0.1, -0.05) is 23.2 Å². The van der Waals surface area contributed by atoms with Gasteiger partial charge in [0.2, 0.25) is 0 Å². The minimum absolute atomic E-state index is 0.538. The van der Waals surface area contributed by atoms with Crippen molar-refractivity contribution < 1.29 is 9.47 Å². The van der Waals surface area contributed by atoms with Crippen molar-refractivity contribution >= 4 is 28.8 Å². The van der Waals surface area contributed by atoms with Crippen LogP contribution in [0, 0.1) is 6.92 Å². The molecule has 0 aliphatic rings. The van der Waals surface area contributed by atoms with Crippen molar-refractivity contribution in [2.75, 3.05) is 14.2 Å². The molecule has 22 heavy (non-hydrogen) atoms. The molecule has 0 fully saturated rings. The summed E-state index contributed by atoms with van der Waals surface area (Å²) in [6.07, 6.45) is 5.40. The number of rotatable bonds is 3. The molecular weight excluding hydrogens is 323 g/mol. The molecule has 0 atom stereocenters. The highest BCUT2D eigenvalue weighted by Crippen LogP contribution is 2.44. The number of hydrogen-bond acceptors (Lipinski definition) is 3. The van der Waals surface area contributed by atoms with Crippen LogP contribution < -0.4 is 9.47 Å². The van der Waals surface area contributed by atoms with E-state index in [1.54, 1.807) is 32.5 Å². The van der Waals surface area contributed by atoms with Gasteiger partial charge in [-0.05, 0) is 24.6 Å². The summed E-state index contributed by atoms with van der Waals surface area (Å²) < 4.78 is 12.9. The molecule has 4 nitrogen and oxygen atoms in total. The molecule has 0 amide bonds. The van der Waals surface area contributed by atoms with Crippen LogP contribution in [0.25, 0.3) is 16.8 Å². The lowest BCUT2D eigenvalue weighted by Crippen LogP contribution is -1.99. The number of nitrogens with zero attached hydrogens (tertiary/aromatic N) is 2. The Labute approximate surface area is 138 Å². The Bertz CT molecular complexity index is 834. The first-order valence-electron chi connectivity index (χ1n) is 6.60. The first-order chi connectivity index (χ1) is 10.6. The number of methoxy groups -OCH3 is 2. The van der Waals surface area contributed by atoms with Crippen LogP contribution in [0.2, 0.25) is 10.0 Å². The Morgan fingerprint density at radius 1 is 1.05 bits per heavy atom. The number of ether oxygens (including phenoxy) is 2. The Kier molecular flexibility index (Phi) is 3.89. The lowest BCUT2D eigenvalue weighted by molar-refractivity contribution is 0.397. The van der Waals surface area contributed by atoms with Crippen molar-refractivity contribution in [3.05, 3.63) is 46.3 Å². The van der Waals surface area contributed by atoms with E-state index in [0.717, 1.165) is 22.3 Å². The standard InChI is InChI=1S/C16H14Cl2N2O2/c1-9-11(18)8-20-5-4-19-16(20)14(9)15-12(21-2)6-10(17)7-13(15)22-3/h4-8H,1-3H3. The number of fused-ring (bicyclic) bond motifs is 1. The molecule has 0 aliphatic heterocycles. The molecule has 1 aromatic carbocycles. The van der Waals surface area contributed by atoms with Crippen LogP contribution in [0.3, 0.4) is 0 Å². The van der Waals surface area contributed by atoms with E-state index < -0.39 is 0 Å². The third kappa shape index (κ3) is 2.28. The Balaban J connectivity index is 2.46. The molecule has 0 aliphatic carbocycles. The number of pyridine rings is 1. The highest BCUT2D eigenvalue weighted by Gasteiger charge is 2.21. The van der Waals surface area contributed by atoms with E-state index >= 15 is 0 Å². The van der Waals surface area contributed by atoms with E-state index in [0.29, 0.717) is 21.5 Å². The molecule has 6 heteroatoms. The second-order valence-electron chi connectivity index (χ2n) is 4.82. The maximum Gasteiger partial charge on any atom is 0.145 e. The van der Waals surface area contributed by atoms with Crippen molar-refractivity contribution in [3.63, 3.8) is 0 Å². The van der Waals surface area contributed by atoms with E-state index in [1.807, 2.05) is 23.7 Å². The number of hydrogen-bond donors (Lipinski definition) is 0. The van der Waals surface area contributed by atoms with E-state index in [1.165, 1.54) is 0 Å². The number of halogens is 2. The molecule has 2 aromatic heterocycles. The molecule has 0 bridgehead atoms. The van der Waals surface area contributed by atoms with E-state index in [9.17, 15) is 0 Å². The SMILES string of the molecule is COc1cc(Cl)cc(OC)c1-c1c(C)c(Cl)cn2ccnc12. The number of aromatic nitrogens is 2. The zero-order valence-corrected chi connectivity index (χ0v) is 13.9. The molecule has 0 N–H and O–H groups in total. The second-order valence-corrected chi connectivity index (χ2v) is 5.66. The zero-order chi connectivity index (χ0) is 15.9. The molecule has 2 heterocycles. The van der Waals surface area contributed by atoms with Crippen LogP contribution in [0.4, 0.5) is 0 Å². The van der Waals surface area contributed by atoms with Crippen molar-refractivity contribution in [1.82, 2.24) is 9.38 Å². The lowest BCUT2D eigenvalue weighted by atomic mass is 10.00. The van der Waals surface area contributed by atoms with E-state index in [4.69, 9.17) is 32.7 Å². The topological polar surface area (TPSA) is 35.8 Å². The van der Waals surface area contributed by atoms with Crippen LogP contribution in [0.15, 0.2) is 30.7 Å². The smallest absolute Gasteiger partial charge is 0.145 e. The minimum atomic E-state index is 0.538. The molecule has 0 saturated heterocycles. The molecule has 114 valence electrons. The van der Waals surface area contributed by atoms with Crippen molar-refractivity contribution in [3.8, 4) is 22.6 Å². The third-order valence-electron chi connectivity index (χ3n) is 3.60. The van der Waals surface area contributed by atoms with Crippen LogP contribution in [-0.4, -0.2) is 23.6 Å². The van der Waals surface area contributed by atoms with Crippen LogP contribution in [-0.2, 0) is 0 Å². The molecule has 0 saturated carbocycles. The highest BCUT2D eigenvalue weighted by molar-refractivity contribution is 6.32. The van der Waals surface area contributed by atoms with Gasteiger partial charge in [0.15, 0.2) is 0 Å². The summed E-state index contributed by atoms with van der Waals surface area (Å²) in [5.74, 6) is 1.22. The summed E-state index contributed by atoms with van der Waals surface area (Å²) in [7, 11) is 3.19. The number of benzene rings is 1. The normalized spacial score (nSPS) is 11.0. The lowest BCUT2D eigenvalue weighted by Gasteiger charge is -2.17. The fourth-order valence-corrected chi connectivity index (χ4v) is 2.94. The van der Waals surface area contributed by atoms with Gasteiger partial charge in [-0.2, -0.15) is 0 Å². The average molecular weight is 337 g/mol. The third-order valence-corrected chi connectivity index (χ3v) is 4.20. The summed E-state index contributed by atoms with van der Waals surface area (Å²) in [4.78, 5) is 4.43. The first kappa shape index (κ1) is 15.0. The molecule has 0 spiro atoms. The van der Waals surface area contributed by atoms with Gasteiger partial charge in [0.25, 0.3) is 0 Å². The van der Waals surface area contributed by atoms with Crippen LogP contribution >= 0.6 is 23.2 Å². The predicted octanol–water partition coefficient (Wildman–Crippen LogP) is 4.63. The molecule has 3 rings (SSSR count). The predicted molar refractivity (Wildman–Crippen MR) is 88.5 cm³/mol. The molecular formula is C16H14Cl2N2O2. The summed E-state index contributed by atoms with van der Waals surface area (Å²) in [5.41, 5.74) is 3.33. The van der Waals surface area contributed by atoms with Crippen LogP contribution in [0.5, 0.6) is 11.5 Å². The average Bonchev–Trinajstić information content (AvgIpc) is 2.96. The second kappa shape index (κ2) is 5.71. The van der Waals surface area contributed by atoms with E-state index in [2.05, 4.69) is 4.98 Å². The quantitative estimate of drug-likeness (QED) is 0.699. The van der Waals surface area contributed by atoms with Gasteiger partial charge >= 0.3 is 0 Å². The van der Waals surface area contributed by atoms with Gasteiger partial charge in [0.05, 0.1) is 24.8 Å². The Hall–Kier alpha value is -1.91. The van der Waals surface area contributed by atoms with Gasteiger partial charge in [0.1, 0.15) is 17.1 Å². The highest BCUT2D eigenvalue weighted by atomic mass is 35.5. The van der Waals surface area contributed by atoms with Crippen molar-refractivity contribution in [2.45, 2.75) is 6.92 Å². The minimum Gasteiger partial charge on any atom is -0.496 e. The monoisotopic (exact) mass is 336 g/mol. The van der Waals surface area contributed by atoms with Gasteiger partial charge in [0, 0.05) is 29.2 Å². The number of imidazole rings is 1. The summed E-state index contributed by atoms with van der Waals surface area (Å²) in [6.45, 7) is 1.94. The van der Waals surface area contributed by atoms with Crippen LogP contribution in [0.1, 0.15) is 5.56 Å². The Morgan fingerprint density at radius 2 is 1.68 bits per heavy atom. The Morgan fingerprint density at radius 3 is 2.27 bits per heavy atom. The summed E-state index contributed by atoms with van der Waals surface area (Å²) in [6, 6.07) is 3.50. The zero-order valence-electron chi connectivity index (χ0n) is 12.4. The summed E-state index contributed by atoms with van der Waals surface area (Å²) in [5, 5.41) is 1.18. The van der Waals surface area contributed by atoms with Gasteiger partial charge in [-0.3, -0.25) is 0 Å². The van der Waals surface area contributed by atoms with E-state index in [-0.39, 0.29) is 0 Å². The first-order valence-corrected chi connectivity index (χ1v) is 7.36. The maximum atomic E-state index is 6.37. The molecule has 0 radical (unpaired) electrons. The molecule has 3 aromatic rings. The maximum absolute atomic E-state index is 6.37. The summed E-state index contributed by atoms with van der Waals surface area (Å²) >= 11 is 12.5. The van der Waals surface area contributed by atoms with Crippen molar-refractivity contribution in [2.24, 2.45) is 0 Å².